The van der Waals surface area contributed by atoms with Crippen LogP contribution in [0.2, 0.25) is 0 Å². The number of hydrogen-bond acceptors (Lipinski definition) is 3. The maximum atomic E-state index is 11.1. The van der Waals surface area contributed by atoms with Gasteiger partial charge in [0, 0.05) is 5.69 Å². The Morgan fingerprint density at radius 2 is 1.78 bits per heavy atom. The van der Waals surface area contributed by atoms with Gasteiger partial charge in [0.05, 0.1) is 5.54 Å². The molecule has 0 heterocycles. The van der Waals surface area contributed by atoms with Gasteiger partial charge in [0.15, 0.2) is 0 Å². The Balaban J connectivity index is 2.96. The van der Waals surface area contributed by atoms with Gasteiger partial charge < -0.3 is 5.32 Å². The van der Waals surface area contributed by atoms with Crippen LogP contribution in [0.15, 0.2) is 35.3 Å². The van der Waals surface area contributed by atoms with Gasteiger partial charge in [0.1, 0.15) is 0 Å². The zero-order chi connectivity index (χ0) is 13.8. The minimum absolute atomic E-state index is 0.0937. The van der Waals surface area contributed by atoms with E-state index < -0.39 is 15.7 Å². The molecular weight excluding hydrogens is 252 g/mol. The summed E-state index contributed by atoms with van der Waals surface area (Å²) in [5, 5.41) is 7.82. The Bertz CT molecular complexity index is 518. The van der Waals surface area contributed by atoms with Crippen molar-refractivity contribution in [1.29, 1.82) is 0 Å². The number of nitrogens with one attached hydrogen (secondary N) is 2. The van der Waals surface area contributed by atoms with Gasteiger partial charge in [0.2, 0.25) is 5.96 Å². The molecule has 18 heavy (non-hydrogen) atoms. The van der Waals surface area contributed by atoms with Crippen LogP contribution in [0.3, 0.4) is 0 Å². The number of nitrogens with two attached hydrogens (primary N) is 1. The largest absolute Gasteiger partial charge is 0.326 e. The van der Waals surface area contributed by atoms with Gasteiger partial charge in [0.25, 0.3) is 10.2 Å². The van der Waals surface area contributed by atoms with Crippen molar-refractivity contribution in [3.63, 3.8) is 0 Å². The van der Waals surface area contributed by atoms with Crippen LogP contribution in [0.25, 0.3) is 0 Å². The van der Waals surface area contributed by atoms with Gasteiger partial charge in [-0.05, 0) is 32.9 Å². The van der Waals surface area contributed by atoms with E-state index in [0.29, 0.717) is 0 Å². The Hall–Kier alpha value is -1.60. The standard InChI is InChI=1S/C11H18N4O2S/c1-11(2,3)14-10(15-18(12,16)17)13-9-7-5-4-6-8-9/h4-8H,1-3H3,(H2,12,16,17)(H2,13,14,15). The molecule has 0 aliphatic carbocycles. The Labute approximate surface area is 107 Å². The predicted octanol–water partition coefficient (Wildman–Crippen LogP) is 1.05. The van der Waals surface area contributed by atoms with Crippen LogP contribution in [0.4, 0.5) is 5.69 Å². The van der Waals surface area contributed by atoms with Gasteiger partial charge in [-0.2, -0.15) is 8.42 Å². The van der Waals surface area contributed by atoms with Gasteiger partial charge in [-0.15, -0.1) is 0 Å². The van der Waals surface area contributed by atoms with Gasteiger partial charge in [-0.3, -0.25) is 0 Å². The van der Waals surface area contributed by atoms with Crippen LogP contribution >= 0.6 is 0 Å². The number of aliphatic imine (C=N–C) groups is 1. The summed E-state index contributed by atoms with van der Waals surface area (Å²) >= 11 is 0. The summed E-state index contributed by atoms with van der Waals surface area (Å²) in [6, 6.07) is 9.10. The molecule has 0 saturated heterocycles. The summed E-state index contributed by atoms with van der Waals surface area (Å²) in [5.41, 5.74) is 0.283. The molecule has 0 radical (unpaired) electrons. The molecule has 0 atom stereocenters. The average Bonchev–Trinajstić information content (AvgIpc) is 2.13. The predicted molar refractivity (Wildman–Crippen MR) is 73.5 cm³/mol. The Morgan fingerprint density at radius 3 is 2.22 bits per heavy atom. The second-order valence-electron chi connectivity index (χ2n) is 4.77. The van der Waals surface area contributed by atoms with Crippen molar-refractivity contribution in [3.8, 4) is 0 Å². The third kappa shape index (κ3) is 6.21. The van der Waals surface area contributed by atoms with Crippen LogP contribution in [0.1, 0.15) is 20.8 Å². The molecule has 0 aromatic heterocycles. The molecule has 1 rings (SSSR count). The van der Waals surface area contributed by atoms with Crippen molar-refractivity contribution in [1.82, 2.24) is 4.72 Å². The molecule has 1 aromatic rings. The van der Waals surface area contributed by atoms with Crippen molar-refractivity contribution in [2.24, 2.45) is 10.1 Å². The number of rotatable bonds is 2. The van der Waals surface area contributed by atoms with Gasteiger partial charge >= 0.3 is 0 Å². The van der Waals surface area contributed by atoms with E-state index in [9.17, 15) is 8.42 Å². The molecule has 0 unspecified atom stereocenters. The van der Waals surface area contributed by atoms with Crippen molar-refractivity contribution >= 4 is 21.9 Å². The van der Waals surface area contributed by atoms with Gasteiger partial charge in [-0.25, -0.2) is 14.9 Å². The fourth-order valence-electron chi connectivity index (χ4n) is 1.20. The van der Waals surface area contributed by atoms with E-state index in [1.54, 1.807) is 12.1 Å². The topological polar surface area (TPSA) is 96.6 Å². The molecule has 0 bridgehead atoms. The number of hydrogen-bond donors (Lipinski definition) is 3. The first-order valence-electron chi connectivity index (χ1n) is 5.38. The third-order valence-corrected chi connectivity index (χ3v) is 2.20. The summed E-state index contributed by atoms with van der Waals surface area (Å²) in [5.74, 6) is 0.0937. The van der Waals surface area contributed by atoms with E-state index >= 15 is 0 Å². The van der Waals surface area contributed by atoms with Crippen LogP contribution in [0.5, 0.6) is 0 Å². The zero-order valence-corrected chi connectivity index (χ0v) is 11.5. The summed E-state index contributed by atoms with van der Waals surface area (Å²) < 4.78 is 24.3. The zero-order valence-electron chi connectivity index (χ0n) is 10.6. The second-order valence-corrected chi connectivity index (χ2v) is 6.06. The smallest absolute Gasteiger partial charge is 0.298 e. The SMILES string of the molecule is CC(C)(C)N=C(Nc1ccccc1)NS(N)(=O)=O. The molecule has 0 aliphatic rings. The van der Waals surface area contributed by atoms with E-state index in [0.717, 1.165) is 5.69 Å². The summed E-state index contributed by atoms with van der Waals surface area (Å²) in [7, 11) is -3.86. The van der Waals surface area contributed by atoms with Crippen molar-refractivity contribution in [2.45, 2.75) is 26.3 Å². The lowest BCUT2D eigenvalue weighted by Crippen LogP contribution is -2.41. The maximum absolute atomic E-state index is 11.1. The minimum Gasteiger partial charge on any atom is -0.326 e. The highest BCUT2D eigenvalue weighted by Gasteiger charge is 2.13. The first-order valence-corrected chi connectivity index (χ1v) is 6.93. The van der Waals surface area contributed by atoms with E-state index in [1.165, 1.54) is 0 Å². The van der Waals surface area contributed by atoms with Crippen LogP contribution < -0.4 is 15.2 Å². The van der Waals surface area contributed by atoms with Crippen molar-refractivity contribution in [3.05, 3.63) is 30.3 Å². The molecular formula is C11H18N4O2S. The fraction of sp³-hybridized carbons (Fsp3) is 0.364. The molecule has 0 amide bonds. The minimum atomic E-state index is -3.86. The van der Waals surface area contributed by atoms with E-state index in [4.69, 9.17) is 5.14 Å². The lowest BCUT2D eigenvalue weighted by atomic mass is 10.1. The number of para-hydroxylation sites is 1. The molecule has 1 aromatic carbocycles. The quantitative estimate of drug-likeness (QED) is 0.553. The number of guanidine groups is 1. The van der Waals surface area contributed by atoms with Gasteiger partial charge in [-0.1, -0.05) is 18.2 Å². The molecule has 0 saturated carbocycles. The first kappa shape index (κ1) is 14.5. The molecule has 0 fully saturated rings. The fourth-order valence-corrected chi connectivity index (χ4v) is 1.57. The summed E-state index contributed by atoms with van der Waals surface area (Å²) in [6.45, 7) is 5.56. The summed E-state index contributed by atoms with van der Waals surface area (Å²) in [4.78, 5) is 4.22. The third-order valence-electron chi connectivity index (χ3n) is 1.72. The number of anilines is 1. The first-order chi connectivity index (χ1) is 8.16. The second kappa shape index (κ2) is 5.36. The molecule has 0 spiro atoms. The highest BCUT2D eigenvalue weighted by atomic mass is 32.2. The maximum Gasteiger partial charge on any atom is 0.298 e. The Morgan fingerprint density at radius 1 is 1.22 bits per heavy atom. The van der Waals surface area contributed by atoms with E-state index in [1.807, 2.05) is 39.0 Å². The molecule has 6 nitrogen and oxygen atoms in total. The lowest BCUT2D eigenvalue weighted by molar-refractivity contribution is 0.578. The highest BCUT2D eigenvalue weighted by molar-refractivity contribution is 7.87. The molecule has 100 valence electrons. The van der Waals surface area contributed by atoms with E-state index in [2.05, 4.69) is 15.0 Å². The lowest BCUT2D eigenvalue weighted by Gasteiger charge is -2.17. The monoisotopic (exact) mass is 270 g/mol. The van der Waals surface area contributed by atoms with Crippen LogP contribution in [-0.2, 0) is 10.2 Å². The molecule has 0 aliphatic heterocycles. The summed E-state index contributed by atoms with van der Waals surface area (Å²) in [6.07, 6.45) is 0. The number of nitrogens with zero attached hydrogens (tertiary/aromatic N) is 1. The van der Waals surface area contributed by atoms with Crippen molar-refractivity contribution in [2.75, 3.05) is 5.32 Å². The van der Waals surface area contributed by atoms with E-state index in [-0.39, 0.29) is 5.96 Å². The average molecular weight is 270 g/mol. The molecule has 4 N–H and O–H groups in total. The van der Waals surface area contributed by atoms with Crippen molar-refractivity contribution < 1.29 is 8.42 Å². The molecule has 7 heteroatoms. The Kier molecular flexibility index (Phi) is 4.31. The highest BCUT2D eigenvalue weighted by Crippen LogP contribution is 2.09. The normalized spacial score (nSPS) is 13.2. The van der Waals surface area contributed by atoms with Crippen LogP contribution in [0, 0.1) is 0 Å². The number of benzene rings is 1. The van der Waals surface area contributed by atoms with Crippen LogP contribution in [-0.4, -0.2) is 19.9 Å².